The van der Waals surface area contributed by atoms with Crippen molar-refractivity contribution in [2.24, 2.45) is 0 Å². The molecule has 1 aliphatic rings. The first-order valence-corrected chi connectivity index (χ1v) is 10.1. The molecule has 0 radical (unpaired) electrons. The minimum Gasteiger partial charge on any atom is -0.383 e. The Morgan fingerprint density at radius 2 is 2.10 bits per heavy atom. The van der Waals surface area contributed by atoms with Gasteiger partial charge in [-0.25, -0.2) is 4.98 Å². The van der Waals surface area contributed by atoms with Crippen molar-refractivity contribution >= 4 is 28.2 Å². The minimum atomic E-state index is -0.220. The maximum atomic E-state index is 13.4. The number of hydrogen-bond acceptors (Lipinski definition) is 6. The lowest BCUT2D eigenvalue weighted by Gasteiger charge is -2.13. The van der Waals surface area contributed by atoms with E-state index in [0.717, 1.165) is 18.4 Å². The van der Waals surface area contributed by atoms with Crippen LogP contribution in [0, 0.1) is 0 Å². The van der Waals surface area contributed by atoms with Gasteiger partial charge in [0.2, 0.25) is 11.7 Å². The Kier molecular flexibility index (Phi) is 4.60. The van der Waals surface area contributed by atoms with Crippen LogP contribution in [0.5, 0.6) is 0 Å². The molecule has 29 heavy (non-hydrogen) atoms. The highest BCUT2D eigenvalue weighted by Gasteiger charge is 2.26. The number of aromatic nitrogens is 5. The number of hydrogen-bond donors (Lipinski definition) is 0. The van der Waals surface area contributed by atoms with E-state index >= 15 is 0 Å². The van der Waals surface area contributed by atoms with E-state index in [1.165, 1.54) is 12.8 Å². The van der Waals surface area contributed by atoms with Crippen molar-refractivity contribution in [2.75, 3.05) is 13.7 Å². The zero-order valence-corrected chi connectivity index (χ0v) is 16.7. The summed E-state index contributed by atoms with van der Waals surface area (Å²) >= 11 is 6.44. The fraction of sp³-hybridized carbons (Fsp3) is 0.400. The molecule has 0 spiro atoms. The molecule has 9 heteroatoms. The lowest BCUT2D eigenvalue weighted by atomic mass is 10.1. The number of ether oxygens (including phenoxy) is 1. The molecule has 0 saturated heterocycles. The van der Waals surface area contributed by atoms with Gasteiger partial charge < -0.3 is 13.8 Å². The van der Waals surface area contributed by atoms with Gasteiger partial charge >= 0.3 is 0 Å². The SMILES string of the molecule is COCCn1c(=O)c2c(-c3noc(C4CCCC4)n3)ncn2c2cccc(Cl)c21. The van der Waals surface area contributed by atoms with Crippen LogP contribution in [0.4, 0.5) is 0 Å². The number of benzene rings is 1. The zero-order chi connectivity index (χ0) is 20.0. The van der Waals surface area contributed by atoms with Crippen LogP contribution in [0.3, 0.4) is 0 Å². The Bertz CT molecular complexity index is 1250. The maximum absolute atomic E-state index is 13.4. The topological polar surface area (TPSA) is 87.5 Å². The first-order valence-electron chi connectivity index (χ1n) is 9.70. The Labute approximate surface area is 171 Å². The van der Waals surface area contributed by atoms with E-state index in [0.29, 0.717) is 52.5 Å². The lowest BCUT2D eigenvalue weighted by Crippen LogP contribution is -2.25. The number of imidazole rings is 1. The summed E-state index contributed by atoms with van der Waals surface area (Å²) in [5, 5.41) is 4.62. The van der Waals surface area contributed by atoms with Gasteiger partial charge in [0.25, 0.3) is 5.56 Å². The molecule has 1 aromatic carbocycles. The molecule has 1 fully saturated rings. The third-order valence-corrected chi connectivity index (χ3v) is 5.89. The van der Waals surface area contributed by atoms with Crippen molar-refractivity contribution in [1.29, 1.82) is 0 Å². The van der Waals surface area contributed by atoms with E-state index in [2.05, 4.69) is 15.1 Å². The normalized spacial score (nSPS) is 15.1. The average Bonchev–Trinajstić information content (AvgIpc) is 3.47. The van der Waals surface area contributed by atoms with Gasteiger partial charge in [-0.2, -0.15) is 4.98 Å². The summed E-state index contributed by atoms with van der Waals surface area (Å²) in [7, 11) is 1.60. The highest BCUT2D eigenvalue weighted by Crippen LogP contribution is 2.34. The number of nitrogens with zero attached hydrogens (tertiary/aromatic N) is 5. The molecule has 5 rings (SSSR count). The number of rotatable bonds is 5. The van der Waals surface area contributed by atoms with Gasteiger partial charge in [-0.1, -0.05) is 35.7 Å². The third-order valence-electron chi connectivity index (χ3n) is 5.59. The van der Waals surface area contributed by atoms with E-state index in [9.17, 15) is 4.79 Å². The van der Waals surface area contributed by atoms with Crippen molar-refractivity contribution in [1.82, 2.24) is 24.1 Å². The predicted octanol–water partition coefficient (Wildman–Crippen LogP) is 3.66. The third kappa shape index (κ3) is 2.94. The average molecular weight is 414 g/mol. The Hall–Kier alpha value is -2.71. The summed E-state index contributed by atoms with van der Waals surface area (Å²) < 4.78 is 14.1. The zero-order valence-electron chi connectivity index (χ0n) is 16.0. The Morgan fingerprint density at radius 1 is 1.28 bits per heavy atom. The molecule has 0 aliphatic heterocycles. The summed E-state index contributed by atoms with van der Waals surface area (Å²) in [6, 6.07) is 5.52. The van der Waals surface area contributed by atoms with Crippen molar-refractivity contribution in [3.05, 3.63) is 45.8 Å². The van der Waals surface area contributed by atoms with Crippen LogP contribution in [-0.2, 0) is 11.3 Å². The molecule has 0 bridgehead atoms. The molecule has 3 aromatic heterocycles. The monoisotopic (exact) mass is 413 g/mol. The molecule has 1 aliphatic carbocycles. The van der Waals surface area contributed by atoms with Gasteiger partial charge in [0, 0.05) is 19.6 Å². The second-order valence-electron chi connectivity index (χ2n) is 7.31. The van der Waals surface area contributed by atoms with Crippen LogP contribution in [0.2, 0.25) is 5.02 Å². The fourth-order valence-electron chi connectivity index (χ4n) is 4.16. The highest BCUT2D eigenvalue weighted by atomic mass is 35.5. The fourth-order valence-corrected chi connectivity index (χ4v) is 4.43. The lowest BCUT2D eigenvalue weighted by molar-refractivity contribution is 0.187. The number of para-hydroxylation sites is 1. The summed E-state index contributed by atoms with van der Waals surface area (Å²) in [6.07, 6.45) is 6.06. The summed E-state index contributed by atoms with van der Waals surface area (Å²) in [5.74, 6) is 1.26. The van der Waals surface area contributed by atoms with Gasteiger partial charge in [0.05, 0.1) is 22.7 Å². The van der Waals surface area contributed by atoms with E-state index in [1.807, 2.05) is 12.1 Å². The van der Waals surface area contributed by atoms with E-state index < -0.39 is 0 Å². The van der Waals surface area contributed by atoms with Crippen LogP contribution in [-0.4, -0.2) is 37.8 Å². The van der Waals surface area contributed by atoms with Gasteiger partial charge in [0.1, 0.15) is 17.5 Å². The van der Waals surface area contributed by atoms with Gasteiger partial charge in [-0.3, -0.25) is 9.20 Å². The summed E-state index contributed by atoms with van der Waals surface area (Å²) in [5.41, 5.74) is 2.02. The van der Waals surface area contributed by atoms with Gasteiger partial charge in [0.15, 0.2) is 0 Å². The Morgan fingerprint density at radius 3 is 2.90 bits per heavy atom. The highest BCUT2D eigenvalue weighted by molar-refractivity contribution is 6.35. The molecular weight excluding hydrogens is 394 g/mol. The van der Waals surface area contributed by atoms with E-state index in [4.69, 9.17) is 20.9 Å². The minimum absolute atomic E-state index is 0.220. The van der Waals surface area contributed by atoms with Crippen LogP contribution in [0.25, 0.3) is 28.1 Å². The molecule has 8 nitrogen and oxygen atoms in total. The van der Waals surface area contributed by atoms with Crippen LogP contribution in [0.1, 0.15) is 37.5 Å². The second kappa shape index (κ2) is 7.27. The van der Waals surface area contributed by atoms with Crippen molar-refractivity contribution < 1.29 is 9.26 Å². The quantitative estimate of drug-likeness (QED) is 0.496. The van der Waals surface area contributed by atoms with E-state index in [-0.39, 0.29) is 5.56 Å². The maximum Gasteiger partial charge on any atom is 0.277 e. The van der Waals surface area contributed by atoms with Crippen molar-refractivity contribution in [3.8, 4) is 11.5 Å². The smallest absolute Gasteiger partial charge is 0.277 e. The summed E-state index contributed by atoms with van der Waals surface area (Å²) in [4.78, 5) is 22.4. The summed E-state index contributed by atoms with van der Waals surface area (Å²) in [6.45, 7) is 0.754. The first kappa shape index (κ1) is 18.3. The molecule has 150 valence electrons. The largest absolute Gasteiger partial charge is 0.383 e. The molecule has 1 saturated carbocycles. The molecule has 0 N–H and O–H groups in total. The Balaban J connectivity index is 1.73. The first-order chi connectivity index (χ1) is 14.2. The van der Waals surface area contributed by atoms with Crippen LogP contribution in [0.15, 0.2) is 33.8 Å². The number of fused-ring (bicyclic) bond motifs is 3. The van der Waals surface area contributed by atoms with Crippen molar-refractivity contribution in [2.45, 2.75) is 38.1 Å². The molecule has 0 atom stereocenters. The molecule has 0 amide bonds. The number of halogens is 1. The standard InChI is InChI=1S/C20H20ClN5O3/c1-28-10-9-25-16-13(21)7-4-8-14(16)26-11-22-15(17(26)20(25)27)18-23-19(29-24-18)12-5-2-3-6-12/h4,7-8,11-12H,2-3,5-6,9-10H2,1H3. The van der Waals surface area contributed by atoms with Gasteiger partial charge in [-0.15, -0.1) is 0 Å². The van der Waals surface area contributed by atoms with E-state index in [1.54, 1.807) is 28.5 Å². The molecule has 3 heterocycles. The molecular formula is C20H20ClN5O3. The van der Waals surface area contributed by atoms with Crippen molar-refractivity contribution in [3.63, 3.8) is 0 Å². The second-order valence-corrected chi connectivity index (χ2v) is 7.71. The number of methoxy groups -OCH3 is 1. The van der Waals surface area contributed by atoms with Crippen LogP contribution >= 0.6 is 11.6 Å². The van der Waals surface area contributed by atoms with Gasteiger partial charge in [-0.05, 0) is 25.0 Å². The molecule has 0 unspecified atom stereocenters. The molecule has 4 aromatic rings. The van der Waals surface area contributed by atoms with Crippen LogP contribution < -0.4 is 5.56 Å². The predicted molar refractivity (Wildman–Crippen MR) is 108 cm³/mol.